The zero-order valence-electron chi connectivity index (χ0n) is 10.8. The first-order valence-corrected chi connectivity index (χ1v) is 7.69. The van der Waals surface area contributed by atoms with Gasteiger partial charge in [-0.2, -0.15) is 0 Å². The third-order valence-electron chi connectivity index (χ3n) is 3.37. The van der Waals surface area contributed by atoms with E-state index in [0.29, 0.717) is 18.0 Å². The Labute approximate surface area is 113 Å². The number of methoxy groups -OCH3 is 1. The van der Waals surface area contributed by atoms with Crippen LogP contribution in [0, 0.1) is 5.92 Å². The molecule has 0 heterocycles. The van der Waals surface area contributed by atoms with Gasteiger partial charge in [-0.3, -0.25) is 0 Å². The Bertz CT molecular complexity index is 547. The summed E-state index contributed by atoms with van der Waals surface area (Å²) in [6.07, 6.45) is 3.35. The van der Waals surface area contributed by atoms with E-state index in [1.165, 1.54) is 37.8 Å². The largest absolute Gasteiger partial charge is 0.465 e. The van der Waals surface area contributed by atoms with Gasteiger partial charge in [0.15, 0.2) is 0 Å². The van der Waals surface area contributed by atoms with Crippen LogP contribution in [0.1, 0.15) is 29.6 Å². The molecule has 1 N–H and O–H groups in total. The average molecular weight is 283 g/mol. The van der Waals surface area contributed by atoms with E-state index in [1.807, 2.05) is 0 Å². The molecule has 1 aromatic rings. The number of ether oxygens (including phenoxy) is 1. The van der Waals surface area contributed by atoms with Gasteiger partial charge in [0, 0.05) is 6.54 Å². The number of sulfonamides is 1. The smallest absolute Gasteiger partial charge is 0.337 e. The number of carbonyl (C=O) groups is 1. The molecule has 0 amide bonds. The van der Waals surface area contributed by atoms with Crippen molar-refractivity contribution in [2.45, 2.75) is 24.2 Å². The molecule has 1 aliphatic rings. The molecule has 0 aliphatic heterocycles. The van der Waals surface area contributed by atoms with Crippen LogP contribution in [0.2, 0.25) is 0 Å². The normalized spacial score (nSPS) is 15.8. The lowest BCUT2D eigenvalue weighted by molar-refractivity contribution is 0.0600. The second-order valence-electron chi connectivity index (χ2n) is 4.66. The van der Waals surface area contributed by atoms with Crippen molar-refractivity contribution in [1.82, 2.24) is 4.72 Å². The molecule has 0 aromatic heterocycles. The van der Waals surface area contributed by atoms with Crippen molar-refractivity contribution in [1.29, 1.82) is 0 Å². The average Bonchev–Trinajstić information content (AvgIpc) is 2.36. The number of benzene rings is 1. The van der Waals surface area contributed by atoms with Gasteiger partial charge in [-0.25, -0.2) is 17.9 Å². The van der Waals surface area contributed by atoms with Crippen LogP contribution in [0.3, 0.4) is 0 Å². The fourth-order valence-electron chi connectivity index (χ4n) is 1.90. The summed E-state index contributed by atoms with van der Waals surface area (Å²) in [5.41, 5.74) is 0.334. The highest BCUT2D eigenvalue weighted by molar-refractivity contribution is 7.89. The van der Waals surface area contributed by atoms with Crippen LogP contribution in [0.25, 0.3) is 0 Å². The van der Waals surface area contributed by atoms with E-state index in [-0.39, 0.29) is 4.90 Å². The van der Waals surface area contributed by atoms with Gasteiger partial charge in [0.05, 0.1) is 17.6 Å². The summed E-state index contributed by atoms with van der Waals surface area (Å²) in [4.78, 5) is 11.4. The molecule has 1 aliphatic carbocycles. The number of hydrogen-bond donors (Lipinski definition) is 1. The van der Waals surface area contributed by atoms with Gasteiger partial charge < -0.3 is 4.74 Å². The van der Waals surface area contributed by atoms with E-state index in [4.69, 9.17) is 0 Å². The zero-order chi connectivity index (χ0) is 13.9. The summed E-state index contributed by atoms with van der Waals surface area (Å²) in [6, 6.07) is 5.72. The number of hydrogen-bond acceptors (Lipinski definition) is 4. The third kappa shape index (κ3) is 3.33. The van der Waals surface area contributed by atoms with Crippen molar-refractivity contribution >= 4 is 16.0 Å². The lowest BCUT2D eigenvalue weighted by atomic mass is 9.86. The first kappa shape index (κ1) is 14.0. The van der Waals surface area contributed by atoms with Crippen molar-refractivity contribution < 1.29 is 17.9 Å². The van der Waals surface area contributed by atoms with Gasteiger partial charge >= 0.3 is 5.97 Å². The topological polar surface area (TPSA) is 72.5 Å². The maximum atomic E-state index is 12.0. The Kier molecular flexibility index (Phi) is 4.21. The van der Waals surface area contributed by atoms with Gasteiger partial charge in [0.25, 0.3) is 0 Å². The lowest BCUT2D eigenvalue weighted by Crippen LogP contribution is -2.32. The van der Waals surface area contributed by atoms with Crippen molar-refractivity contribution in [2.24, 2.45) is 5.92 Å². The van der Waals surface area contributed by atoms with Gasteiger partial charge in [-0.1, -0.05) is 6.42 Å². The lowest BCUT2D eigenvalue weighted by Gasteiger charge is -2.25. The Balaban J connectivity index is 2.05. The van der Waals surface area contributed by atoms with Gasteiger partial charge in [-0.15, -0.1) is 0 Å². The summed E-state index contributed by atoms with van der Waals surface area (Å²) in [7, 11) is -2.20. The molecule has 2 rings (SSSR count). The van der Waals surface area contributed by atoms with Crippen molar-refractivity contribution in [3.8, 4) is 0 Å². The molecule has 1 saturated carbocycles. The molecular weight excluding hydrogens is 266 g/mol. The summed E-state index contributed by atoms with van der Waals surface area (Å²) in [5.74, 6) is -0.0181. The van der Waals surface area contributed by atoms with Crippen molar-refractivity contribution in [3.63, 3.8) is 0 Å². The molecule has 0 saturated heterocycles. The van der Waals surface area contributed by atoms with Gasteiger partial charge in [-0.05, 0) is 43.0 Å². The zero-order valence-corrected chi connectivity index (χ0v) is 11.6. The molecule has 6 heteroatoms. The fourth-order valence-corrected chi connectivity index (χ4v) is 3.01. The Morgan fingerprint density at radius 3 is 2.42 bits per heavy atom. The number of nitrogens with one attached hydrogen (secondary N) is 1. The highest BCUT2D eigenvalue weighted by Gasteiger charge is 2.21. The molecule has 1 fully saturated rings. The minimum Gasteiger partial charge on any atom is -0.465 e. The number of rotatable bonds is 5. The van der Waals surface area contributed by atoms with Crippen LogP contribution >= 0.6 is 0 Å². The maximum absolute atomic E-state index is 12.0. The molecule has 5 nitrogen and oxygen atoms in total. The van der Waals surface area contributed by atoms with Crippen molar-refractivity contribution in [2.75, 3.05) is 13.7 Å². The van der Waals surface area contributed by atoms with Crippen LogP contribution < -0.4 is 4.72 Å². The first-order valence-electron chi connectivity index (χ1n) is 6.21. The predicted molar refractivity (Wildman–Crippen MR) is 70.3 cm³/mol. The minimum atomic E-state index is -3.48. The summed E-state index contributed by atoms with van der Waals surface area (Å²) in [5, 5.41) is 0. The number of esters is 1. The monoisotopic (exact) mass is 283 g/mol. The molecule has 1 aromatic carbocycles. The SMILES string of the molecule is COC(=O)c1ccc(S(=O)(=O)NCC2CCC2)cc1. The third-order valence-corrected chi connectivity index (χ3v) is 4.81. The quantitative estimate of drug-likeness (QED) is 0.832. The van der Waals surface area contributed by atoms with E-state index in [0.717, 1.165) is 12.8 Å². The molecule has 0 bridgehead atoms. The highest BCUT2D eigenvalue weighted by Crippen LogP contribution is 2.25. The molecule has 0 atom stereocenters. The molecular formula is C13H17NO4S. The Morgan fingerprint density at radius 2 is 1.95 bits per heavy atom. The van der Waals surface area contributed by atoms with Crippen LogP contribution in [-0.2, 0) is 14.8 Å². The van der Waals surface area contributed by atoms with Crippen LogP contribution in [0.5, 0.6) is 0 Å². The predicted octanol–water partition coefficient (Wildman–Crippen LogP) is 1.55. The number of carbonyl (C=O) groups excluding carboxylic acids is 1. The molecule has 0 unspecified atom stereocenters. The van der Waals surface area contributed by atoms with Crippen molar-refractivity contribution in [3.05, 3.63) is 29.8 Å². The van der Waals surface area contributed by atoms with E-state index in [2.05, 4.69) is 9.46 Å². The second-order valence-corrected chi connectivity index (χ2v) is 6.43. The van der Waals surface area contributed by atoms with E-state index in [9.17, 15) is 13.2 Å². The first-order chi connectivity index (χ1) is 9.03. The van der Waals surface area contributed by atoms with Gasteiger partial charge in [0.1, 0.15) is 0 Å². The van der Waals surface area contributed by atoms with Crippen LogP contribution in [0.15, 0.2) is 29.2 Å². The van der Waals surface area contributed by atoms with E-state index in [1.54, 1.807) is 0 Å². The molecule has 19 heavy (non-hydrogen) atoms. The molecule has 104 valence electrons. The molecule has 0 spiro atoms. The highest BCUT2D eigenvalue weighted by atomic mass is 32.2. The van der Waals surface area contributed by atoms with E-state index < -0.39 is 16.0 Å². The Hall–Kier alpha value is -1.40. The molecule has 0 radical (unpaired) electrons. The second kappa shape index (κ2) is 5.71. The summed E-state index contributed by atoms with van der Waals surface area (Å²) < 4.78 is 31.2. The minimum absolute atomic E-state index is 0.166. The Morgan fingerprint density at radius 1 is 1.32 bits per heavy atom. The van der Waals surface area contributed by atoms with Crippen LogP contribution in [-0.4, -0.2) is 28.0 Å². The summed E-state index contributed by atoms with van der Waals surface area (Å²) >= 11 is 0. The van der Waals surface area contributed by atoms with E-state index >= 15 is 0 Å². The summed E-state index contributed by atoms with van der Waals surface area (Å²) in [6.45, 7) is 0.487. The maximum Gasteiger partial charge on any atom is 0.337 e. The standard InChI is InChI=1S/C13H17NO4S/c1-18-13(15)11-5-7-12(8-6-11)19(16,17)14-9-10-3-2-4-10/h5-8,10,14H,2-4,9H2,1H3. The van der Waals surface area contributed by atoms with Crippen LogP contribution in [0.4, 0.5) is 0 Å². The van der Waals surface area contributed by atoms with Gasteiger partial charge in [0.2, 0.25) is 10.0 Å². The fraction of sp³-hybridized carbons (Fsp3) is 0.462.